The van der Waals surface area contributed by atoms with Crippen LogP contribution in [0.15, 0.2) is 12.1 Å². The molecular formula is C11H13Cl3. The molecule has 0 unspecified atom stereocenters. The molecular weight excluding hydrogens is 238 g/mol. The first-order chi connectivity index (χ1) is 6.29. The maximum absolute atomic E-state index is 6.08. The van der Waals surface area contributed by atoms with E-state index in [0.29, 0.717) is 15.1 Å². The van der Waals surface area contributed by atoms with Crippen molar-refractivity contribution in [3.05, 3.63) is 32.8 Å². The number of benzene rings is 1. The minimum Gasteiger partial charge on any atom is -0.0843 e. The third kappa shape index (κ3) is 3.34. The highest BCUT2D eigenvalue weighted by Gasteiger charge is 2.15. The minimum atomic E-state index is 0.178. The van der Waals surface area contributed by atoms with Crippen molar-refractivity contribution in [2.24, 2.45) is 5.41 Å². The van der Waals surface area contributed by atoms with E-state index in [1.807, 2.05) is 6.07 Å². The van der Waals surface area contributed by atoms with Crippen molar-refractivity contribution in [1.82, 2.24) is 0 Å². The predicted octanol–water partition coefficient (Wildman–Crippen LogP) is 5.24. The zero-order valence-corrected chi connectivity index (χ0v) is 10.8. The molecule has 14 heavy (non-hydrogen) atoms. The molecule has 0 aliphatic carbocycles. The molecule has 0 heterocycles. The summed E-state index contributed by atoms with van der Waals surface area (Å²) in [5, 5.41) is 1.78. The van der Waals surface area contributed by atoms with Gasteiger partial charge in [0.25, 0.3) is 0 Å². The topological polar surface area (TPSA) is 0 Å². The zero-order valence-electron chi connectivity index (χ0n) is 8.50. The van der Waals surface area contributed by atoms with Crippen LogP contribution < -0.4 is 0 Å². The van der Waals surface area contributed by atoms with E-state index in [4.69, 9.17) is 34.8 Å². The number of hydrogen-bond acceptors (Lipinski definition) is 0. The van der Waals surface area contributed by atoms with E-state index in [1.165, 1.54) is 0 Å². The van der Waals surface area contributed by atoms with Gasteiger partial charge in [-0.2, -0.15) is 0 Å². The first-order valence-corrected chi connectivity index (χ1v) is 5.56. The maximum Gasteiger partial charge on any atom is 0.0625 e. The molecule has 0 aliphatic heterocycles. The second kappa shape index (κ2) is 4.30. The Balaban J connectivity index is 3.09. The Morgan fingerprint density at radius 3 is 2.14 bits per heavy atom. The molecule has 0 atom stereocenters. The van der Waals surface area contributed by atoms with Crippen LogP contribution in [0.5, 0.6) is 0 Å². The monoisotopic (exact) mass is 250 g/mol. The molecule has 0 amide bonds. The van der Waals surface area contributed by atoms with Gasteiger partial charge < -0.3 is 0 Å². The molecule has 3 heteroatoms. The summed E-state index contributed by atoms with van der Waals surface area (Å²) < 4.78 is 0. The van der Waals surface area contributed by atoms with Gasteiger partial charge in [0.15, 0.2) is 0 Å². The largest absolute Gasteiger partial charge is 0.0843 e. The fraction of sp³-hybridized carbons (Fsp3) is 0.455. The van der Waals surface area contributed by atoms with E-state index in [2.05, 4.69) is 20.8 Å². The lowest BCUT2D eigenvalue weighted by atomic mass is 9.88. The highest BCUT2D eigenvalue weighted by Crippen LogP contribution is 2.33. The summed E-state index contributed by atoms with van der Waals surface area (Å²) >= 11 is 17.9. The number of rotatable bonds is 1. The van der Waals surface area contributed by atoms with Crippen LogP contribution in [0.1, 0.15) is 26.3 Å². The molecule has 0 radical (unpaired) electrons. The third-order valence-corrected chi connectivity index (χ3v) is 2.85. The molecule has 0 aliphatic rings. The van der Waals surface area contributed by atoms with Gasteiger partial charge >= 0.3 is 0 Å². The molecule has 0 nitrogen and oxygen atoms in total. The summed E-state index contributed by atoms with van der Waals surface area (Å²) in [6.45, 7) is 6.45. The lowest BCUT2D eigenvalue weighted by Crippen LogP contribution is -2.09. The zero-order chi connectivity index (χ0) is 10.9. The van der Waals surface area contributed by atoms with Crippen molar-refractivity contribution in [3.63, 3.8) is 0 Å². The van der Waals surface area contributed by atoms with Crippen LogP contribution >= 0.6 is 34.8 Å². The van der Waals surface area contributed by atoms with E-state index in [-0.39, 0.29) is 5.41 Å². The smallest absolute Gasteiger partial charge is 0.0625 e. The first-order valence-electron chi connectivity index (χ1n) is 4.43. The summed E-state index contributed by atoms with van der Waals surface area (Å²) in [4.78, 5) is 0. The van der Waals surface area contributed by atoms with Crippen LogP contribution in [0, 0.1) is 5.41 Å². The average Bonchev–Trinajstić information content (AvgIpc) is 1.96. The van der Waals surface area contributed by atoms with Crippen molar-refractivity contribution in [1.29, 1.82) is 0 Å². The Kier molecular flexibility index (Phi) is 3.74. The summed E-state index contributed by atoms with van der Waals surface area (Å²) in [5.74, 6) is 0. The summed E-state index contributed by atoms with van der Waals surface area (Å²) in [6, 6.07) is 3.54. The van der Waals surface area contributed by atoms with Gasteiger partial charge in [0.05, 0.1) is 10.0 Å². The van der Waals surface area contributed by atoms with Crippen LogP contribution in [0.4, 0.5) is 0 Å². The van der Waals surface area contributed by atoms with Gasteiger partial charge in [0.1, 0.15) is 0 Å². The molecule has 0 bridgehead atoms. The third-order valence-electron chi connectivity index (χ3n) is 1.79. The molecule has 1 rings (SSSR count). The van der Waals surface area contributed by atoms with Crippen molar-refractivity contribution in [2.45, 2.75) is 27.2 Å². The van der Waals surface area contributed by atoms with Gasteiger partial charge in [-0.25, -0.2) is 0 Å². The van der Waals surface area contributed by atoms with Crippen LogP contribution in [-0.2, 0) is 6.42 Å². The van der Waals surface area contributed by atoms with Gasteiger partial charge in [-0.3, -0.25) is 0 Å². The van der Waals surface area contributed by atoms with E-state index >= 15 is 0 Å². The molecule has 0 N–H and O–H groups in total. The molecule has 78 valence electrons. The summed E-state index contributed by atoms with van der Waals surface area (Å²) in [5.41, 5.74) is 1.19. The molecule has 0 fully saturated rings. The molecule has 0 aromatic heterocycles. The van der Waals surface area contributed by atoms with E-state index in [9.17, 15) is 0 Å². The number of halogens is 3. The standard InChI is InChI=1S/C11H13Cl3/c1-11(2,3)6-7-4-8(12)5-9(13)10(7)14/h4-5H,6H2,1-3H3. The van der Waals surface area contributed by atoms with Gasteiger partial charge in [0, 0.05) is 5.02 Å². The van der Waals surface area contributed by atoms with E-state index < -0.39 is 0 Å². The quantitative estimate of drug-likeness (QED) is 0.599. The van der Waals surface area contributed by atoms with Gasteiger partial charge in [-0.15, -0.1) is 0 Å². The molecule has 1 aromatic carbocycles. The van der Waals surface area contributed by atoms with Crippen LogP contribution in [0.25, 0.3) is 0 Å². The van der Waals surface area contributed by atoms with Gasteiger partial charge in [0.2, 0.25) is 0 Å². The molecule has 0 saturated carbocycles. The second-order valence-electron chi connectivity index (χ2n) is 4.60. The van der Waals surface area contributed by atoms with Crippen LogP contribution in [0.2, 0.25) is 15.1 Å². The first kappa shape index (κ1) is 12.2. The van der Waals surface area contributed by atoms with Gasteiger partial charge in [-0.05, 0) is 29.5 Å². The highest BCUT2D eigenvalue weighted by molar-refractivity contribution is 6.43. The van der Waals surface area contributed by atoms with Crippen LogP contribution in [-0.4, -0.2) is 0 Å². The van der Waals surface area contributed by atoms with Crippen LogP contribution in [0.3, 0.4) is 0 Å². The lowest BCUT2D eigenvalue weighted by Gasteiger charge is -2.19. The Bertz CT molecular complexity index is 337. The van der Waals surface area contributed by atoms with Crippen molar-refractivity contribution in [3.8, 4) is 0 Å². The minimum absolute atomic E-state index is 0.178. The summed E-state index contributed by atoms with van der Waals surface area (Å²) in [7, 11) is 0. The summed E-state index contributed by atoms with van der Waals surface area (Å²) in [6.07, 6.45) is 0.867. The average molecular weight is 252 g/mol. The fourth-order valence-corrected chi connectivity index (χ4v) is 2.02. The van der Waals surface area contributed by atoms with E-state index in [1.54, 1.807) is 6.07 Å². The van der Waals surface area contributed by atoms with Crippen molar-refractivity contribution < 1.29 is 0 Å². The molecule has 1 aromatic rings. The SMILES string of the molecule is CC(C)(C)Cc1cc(Cl)cc(Cl)c1Cl. The predicted molar refractivity (Wildman–Crippen MR) is 64.6 cm³/mol. The Morgan fingerprint density at radius 2 is 1.64 bits per heavy atom. The highest BCUT2D eigenvalue weighted by atomic mass is 35.5. The lowest BCUT2D eigenvalue weighted by molar-refractivity contribution is 0.411. The van der Waals surface area contributed by atoms with Crippen molar-refractivity contribution in [2.75, 3.05) is 0 Å². The molecule has 0 spiro atoms. The van der Waals surface area contributed by atoms with E-state index in [0.717, 1.165) is 12.0 Å². The van der Waals surface area contributed by atoms with Gasteiger partial charge in [-0.1, -0.05) is 55.6 Å². The Labute approximate surface area is 100 Å². The fourth-order valence-electron chi connectivity index (χ4n) is 1.31. The normalized spacial score (nSPS) is 11.9. The second-order valence-corrected chi connectivity index (χ2v) is 5.82. The van der Waals surface area contributed by atoms with Crippen molar-refractivity contribution >= 4 is 34.8 Å². The Hall–Kier alpha value is 0.0900. The molecule has 0 saturated heterocycles. The number of hydrogen-bond donors (Lipinski definition) is 0. The maximum atomic E-state index is 6.08. The Morgan fingerprint density at radius 1 is 1.07 bits per heavy atom.